The van der Waals surface area contributed by atoms with E-state index in [1.165, 1.54) is 23.3 Å². The Morgan fingerprint density at radius 1 is 1.16 bits per heavy atom. The molecule has 0 atom stereocenters. The largest absolute Gasteiger partial charge is 0.326 e. The quantitative estimate of drug-likeness (QED) is 0.620. The summed E-state index contributed by atoms with van der Waals surface area (Å²) in [4.78, 5) is 28.8. The maximum Gasteiger partial charge on any atom is 0.236 e. The molecule has 1 aromatic carbocycles. The first-order valence-electron chi connectivity index (χ1n) is 7.89. The van der Waals surface area contributed by atoms with Crippen LogP contribution in [0.15, 0.2) is 34.3 Å². The average Bonchev–Trinajstić information content (AvgIpc) is 3.01. The molecule has 0 aliphatic heterocycles. The molecule has 0 aliphatic carbocycles. The fourth-order valence-electron chi connectivity index (χ4n) is 1.87. The molecule has 0 radical (unpaired) electrons. The predicted octanol–water partition coefficient (Wildman–Crippen LogP) is 4.12. The molecule has 0 aliphatic rings. The molecule has 1 heterocycles. The van der Waals surface area contributed by atoms with E-state index in [-0.39, 0.29) is 17.6 Å². The normalized spacial score (nSPS) is 10.5. The summed E-state index contributed by atoms with van der Waals surface area (Å²) in [6, 6.07) is 7.48. The number of amides is 2. The van der Waals surface area contributed by atoms with Gasteiger partial charge in [-0.15, -0.1) is 11.8 Å². The third kappa shape index (κ3) is 7.05. The van der Waals surface area contributed by atoms with E-state index in [2.05, 4.69) is 20.0 Å². The number of carbonyl (C=O) groups is 2. The van der Waals surface area contributed by atoms with Crippen molar-refractivity contribution >= 4 is 57.7 Å². The number of nitrogens with one attached hydrogen (secondary N) is 2. The van der Waals surface area contributed by atoms with Crippen molar-refractivity contribution in [2.75, 3.05) is 22.1 Å². The van der Waals surface area contributed by atoms with Crippen LogP contribution in [0.25, 0.3) is 0 Å². The Bertz CT molecular complexity index is 721. The minimum Gasteiger partial charge on any atom is -0.326 e. The number of carbonyl (C=O) groups excluding carboxylic acids is 2. The van der Waals surface area contributed by atoms with Crippen LogP contribution in [0.2, 0.25) is 0 Å². The van der Waals surface area contributed by atoms with E-state index in [0.29, 0.717) is 16.7 Å². The van der Waals surface area contributed by atoms with Gasteiger partial charge in [0, 0.05) is 28.5 Å². The molecule has 25 heavy (non-hydrogen) atoms. The number of hydrogen-bond acceptors (Lipinski definition) is 7. The summed E-state index contributed by atoms with van der Waals surface area (Å²) in [7, 11) is 0. The van der Waals surface area contributed by atoms with Crippen LogP contribution in [0, 0.1) is 0 Å². The van der Waals surface area contributed by atoms with Crippen LogP contribution in [-0.4, -0.2) is 32.7 Å². The Labute approximate surface area is 159 Å². The number of thioether (sulfide) groups is 2. The highest BCUT2D eigenvalue weighted by atomic mass is 32.2. The highest BCUT2D eigenvalue weighted by Gasteiger charge is 2.09. The van der Waals surface area contributed by atoms with Gasteiger partial charge in [-0.25, -0.2) is 0 Å². The molecule has 6 nitrogen and oxygen atoms in total. The van der Waals surface area contributed by atoms with Crippen molar-refractivity contribution in [3.05, 3.63) is 24.3 Å². The molecule has 134 valence electrons. The molecule has 0 saturated heterocycles. The van der Waals surface area contributed by atoms with Crippen LogP contribution in [0.3, 0.4) is 0 Å². The Balaban J connectivity index is 1.83. The number of benzene rings is 1. The van der Waals surface area contributed by atoms with Crippen LogP contribution < -0.4 is 10.6 Å². The maximum absolute atomic E-state index is 12.0. The van der Waals surface area contributed by atoms with Gasteiger partial charge in [0.1, 0.15) is 0 Å². The van der Waals surface area contributed by atoms with Crippen molar-refractivity contribution < 1.29 is 9.59 Å². The lowest BCUT2D eigenvalue weighted by molar-refractivity contribution is -0.116. The number of aromatic nitrogens is 2. The SMILES string of the molecule is CCCC(=O)Nc1cccc(SCC(=O)Nc2nc(SCC)ns2)c1. The summed E-state index contributed by atoms with van der Waals surface area (Å²) in [6.45, 7) is 3.99. The van der Waals surface area contributed by atoms with Crippen LogP contribution in [-0.2, 0) is 9.59 Å². The van der Waals surface area contributed by atoms with Crippen molar-refractivity contribution in [1.82, 2.24) is 9.36 Å². The van der Waals surface area contributed by atoms with Gasteiger partial charge in [-0.2, -0.15) is 9.36 Å². The highest BCUT2D eigenvalue weighted by Crippen LogP contribution is 2.23. The molecule has 2 amide bonds. The molecule has 0 unspecified atom stereocenters. The molecule has 0 saturated carbocycles. The number of rotatable bonds is 9. The Morgan fingerprint density at radius 2 is 2.00 bits per heavy atom. The van der Waals surface area contributed by atoms with E-state index >= 15 is 0 Å². The van der Waals surface area contributed by atoms with Gasteiger partial charge in [0.15, 0.2) is 0 Å². The Morgan fingerprint density at radius 3 is 2.76 bits per heavy atom. The molecule has 2 rings (SSSR count). The molecule has 2 aromatic rings. The second-order valence-corrected chi connectivity index (χ2v) is 8.01. The standard InChI is InChI=1S/C16H20N4O2S3/c1-3-6-13(21)17-11-7-5-8-12(9-11)24-10-14(22)18-15-19-16(20-25-15)23-4-2/h5,7-9H,3-4,6,10H2,1-2H3,(H,17,21)(H,18,19,20,22). The molecular formula is C16H20N4O2S3. The van der Waals surface area contributed by atoms with Crippen LogP contribution in [0.5, 0.6) is 0 Å². The highest BCUT2D eigenvalue weighted by molar-refractivity contribution is 8.00. The van der Waals surface area contributed by atoms with Gasteiger partial charge in [0.05, 0.1) is 5.75 Å². The minimum atomic E-state index is -0.130. The summed E-state index contributed by atoms with van der Waals surface area (Å²) in [5.74, 6) is 1.03. The van der Waals surface area contributed by atoms with E-state index in [1.54, 1.807) is 11.8 Å². The number of anilines is 2. The van der Waals surface area contributed by atoms with Gasteiger partial charge in [0.25, 0.3) is 0 Å². The first-order valence-corrected chi connectivity index (χ1v) is 10.6. The molecule has 0 bridgehead atoms. The van der Waals surface area contributed by atoms with E-state index in [1.807, 2.05) is 38.1 Å². The van der Waals surface area contributed by atoms with Crippen molar-refractivity contribution in [1.29, 1.82) is 0 Å². The van der Waals surface area contributed by atoms with Crippen molar-refractivity contribution in [2.45, 2.75) is 36.7 Å². The zero-order valence-corrected chi connectivity index (χ0v) is 16.5. The van der Waals surface area contributed by atoms with Gasteiger partial charge >= 0.3 is 0 Å². The summed E-state index contributed by atoms with van der Waals surface area (Å²) >= 11 is 4.13. The monoisotopic (exact) mass is 396 g/mol. The molecule has 2 N–H and O–H groups in total. The van der Waals surface area contributed by atoms with E-state index in [0.717, 1.165) is 22.8 Å². The lowest BCUT2D eigenvalue weighted by Crippen LogP contribution is -2.14. The van der Waals surface area contributed by atoms with E-state index in [9.17, 15) is 9.59 Å². The summed E-state index contributed by atoms with van der Waals surface area (Å²) in [5, 5.41) is 6.81. The molecule has 0 spiro atoms. The fraction of sp³-hybridized carbons (Fsp3) is 0.375. The fourth-order valence-corrected chi connectivity index (χ4v) is 3.91. The van der Waals surface area contributed by atoms with Gasteiger partial charge in [-0.05, 0) is 30.4 Å². The van der Waals surface area contributed by atoms with Crippen molar-refractivity contribution in [3.63, 3.8) is 0 Å². The minimum absolute atomic E-state index is 0.000541. The Kier molecular flexibility index (Phi) is 8.23. The van der Waals surface area contributed by atoms with Crippen molar-refractivity contribution in [3.8, 4) is 0 Å². The Hall–Kier alpha value is -1.58. The zero-order valence-electron chi connectivity index (χ0n) is 14.1. The molecule has 9 heteroatoms. The second-order valence-electron chi connectivity index (χ2n) is 4.98. The molecular weight excluding hydrogens is 376 g/mol. The average molecular weight is 397 g/mol. The van der Waals surface area contributed by atoms with Gasteiger partial charge in [-0.1, -0.05) is 31.7 Å². The van der Waals surface area contributed by atoms with E-state index in [4.69, 9.17) is 0 Å². The van der Waals surface area contributed by atoms with E-state index < -0.39 is 0 Å². The van der Waals surface area contributed by atoms with Gasteiger partial charge in [-0.3, -0.25) is 14.9 Å². The van der Waals surface area contributed by atoms with Gasteiger partial charge in [0.2, 0.25) is 22.1 Å². The summed E-state index contributed by atoms with van der Waals surface area (Å²) in [5.41, 5.74) is 0.745. The number of hydrogen-bond donors (Lipinski definition) is 2. The first-order chi connectivity index (χ1) is 12.1. The zero-order chi connectivity index (χ0) is 18.1. The second kappa shape index (κ2) is 10.4. The third-order valence-electron chi connectivity index (χ3n) is 2.89. The summed E-state index contributed by atoms with van der Waals surface area (Å²) in [6.07, 6.45) is 1.31. The summed E-state index contributed by atoms with van der Waals surface area (Å²) < 4.78 is 4.16. The van der Waals surface area contributed by atoms with Gasteiger partial charge < -0.3 is 5.32 Å². The van der Waals surface area contributed by atoms with Crippen LogP contribution in [0.4, 0.5) is 10.8 Å². The lowest BCUT2D eigenvalue weighted by atomic mass is 10.3. The third-order valence-corrected chi connectivity index (χ3v) is 5.36. The van der Waals surface area contributed by atoms with Crippen LogP contribution in [0.1, 0.15) is 26.7 Å². The maximum atomic E-state index is 12.0. The number of nitrogens with zero attached hydrogens (tertiary/aromatic N) is 2. The smallest absolute Gasteiger partial charge is 0.236 e. The lowest BCUT2D eigenvalue weighted by Gasteiger charge is -2.07. The van der Waals surface area contributed by atoms with Crippen LogP contribution >= 0.6 is 35.1 Å². The molecule has 1 aromatic heterocycles. The molecule has 0 fully saturated rings. The first kappa shape index (κ1) is 19.7. The predicted molar refractivity (Wildman–Crippen MR) is 106 cm³/mol. The topological polar surface area (TPSA) is 84.0 Å². The van der Waals surface area contributed by atoms with Crippen molar-refractivity contribution in [2.24, 2.45) is 0 Å².